The molecule has 8 heteroatoms. The first-order valence-electron chi connectivity index (χ1n) is 11.6. The predicted molar refractivity (Wildman–Crippen MR) is 130 cm³/mol. The molecule has 0 atom stereocenters. The monoisotopic (exact) mass is 443 g/mol. The van der Waals surface area contributed by atoms with Crippen molar-refractivity contribution in [2.24, 2.45) is 0 Å². The number of anilines is 2. The zero-order valence-electron chi connectivity index (χ0n) is 19.3. The third-order valence-corrected chi connectivity index (χ3v) is 6.01. The molecule has 5 rings (SSSR count). The van der Waals surface area contributed by atoms with Crippen molar-refractivity contribution >= 4 is 22.7 Å². The van der Waals surface area contributed by atoms with Gasteiger partial charge >= 0.3 is 0 Å². The normalized spacial score (nSPS) is 13.5. The van der Waals surface area contributed by atoms with E-state index >= 15 is 0 Å². The van der Waals surface area contributed by atoms with Gasteiger partial charge in [-0.2, -0.15) is 4.98 Å². The Morgan fingerprint density at radius 2 is 2.03 bits per heavy atom. The summed E-state index contributed by atoms with van der Waals surface area (Å²) in [5.41, 5.74) is 5.95. The van der Waals surface area contributed by atoms with Gasteiger partial charge in [-0.25, -0.2) is 14.3 Å². The van der Waals surface area contributed by atoms with Gasteiger partial charge in [-0.1, -0.05) is 19.4 Å². The fourth-order valence-corrected chi connectivity index (χ4v) is 4.45. The van der Waals surface area contributed by atoms with Crippen LogP contribution in [-0.4, -0.2) is 30.9 Å². The second-order valence-corrected chi connectivity index (χ2v) is 8.78. The van der Waals surface area contributed by atoms with Crippen LogP contribution in [0.3, 0.4) is 0 Å². The van der Waals surface area contributed by atoms with Gasteiger partial charge in [0.2, 0.25) is 5.95 Å². The second kappa shape index (κ2) is 8.78. The van der Waals surface area contributed by atoms with Crippen LogP contribution in [0.1, 0.15) is 50.1 Å². The number of pyridine rings is 1. The lowest BCUT2D eigenvalue weighted by Crippen LogP contribution is -2.24. The van der Waals surface area contributed by atoms with Crippen molar-refractivity contribution in [3.8, 4) is 5.69 Å². The standard InChI is InChI=1S/C25H29N7O/c1-4-5-19-13-21(9-11-27-19)32-23-22(24(33)31(32)16(2)3)15-28-25(30-23)29-20-7-6-17-8-10-26-14-18(17)12-20/h6-7,9,11-13,15-16,26H,4-5,8,10,14H2,1-3H3,(H,28,29,30). The molecule has 2 N–H and O–H groups in total. The zero-order valence-corrected chi connectivity index (χ0v) is 19.3. The van der Waals surface area contributed by atoms with Crippen molar-refractivity contribution in [1.82, 2.24) is 29.6 Å². The fraction of sp³-hybridized carbons (Fsp3) is 0.360. The Hall–Kier alpha value is -3.52. The van der Waals surface area contributed by atoms with Crippen molar-refractivity contribution in [1.29, 1.82) is 0 Å². The van der Waals surface area contributed by atoms with Gasteiger partial charge in [0.15, 0.2) is 5.65 Å². The summed E-state index contributed by atoms with van der Waals surface area (Å²) in [6.07, 6.45) is 6.35. The molecule has 0 radical (unpaired) electrons. The molecule has 0 aliphatic carbocycles. The Morgan fingerprint density at radius 3 is 2.85 bits per heavy atom. The molecule has 4 heterocycles. The molecule has 0 unspecified atom stereocenters. The van der Waals surface area contributed by atoms with Crippen molar-refractivity contribution in [2.45, 2.75) is 52.6 Å². The maximum Gasteiger partial charge on any atom is 0.278 e. The molecule has 8 nitrogen and oxygen atoms in total. The smallest absolute Gasteiger partial charge is 0.278 e. The van der Waals surface area contributed by atoms with Crippen LogP contribution >= 0.6 is 0 Å². The highest BCUT2D eigenvalue weighted by Crippen LogP contribution is 2.23. The Balaban J connectivity index is 1.61. The number of fused-ring (bicyclic) bond motifs is 2. The Kier molecular flexibility index (Phi) is 5.68. The molecule has 170 valence electrons. The molecule has 0 spiro atoms. The van der Waals surface area contributed by atoms with Crippen LogP contribution in [0.2, 0.25) is 0 Å². The van der Waals surface area contributed by atoms with Crippen LogP contribution in [-0.2, 0) is 19.4 Å². The van der Waals surface area contributed by atoms with Gasteiger partial charge in [-0.3, -0.25) is 9.78 Å². The molecule has 1 aliphatic heterocycles. The van der Waals surface area contributed by atoms with Crippen LogP contribution < -0.4 is 16.2 Å². The molecular formula is C25H29N7O. The van der Waals surface area contributed by atoms with E-state index in [0.29, 0.717) is 17.0 Å². The number of nitrogens with one attached hydrogen (secondary N) is 2. The maximum atomic E-state index is 13.2. The van der Waals surface area contributed by atoms with Gasteiger partial charge in [0.1, 0.15) is 5.39 Å². The van der Waals surface area contributed by atoms with Gasteiger partial charge < -0.3 is 10.6 Å². The molecule has 33 heavy (non-hydrogen) atoms. The Labute approximate surface area is 192 Å². The SMILES string of the molecule is CCCc1cc(-n2c3nc(Nc4ccc5c(c4)CNCC5)ncc3c(=O)n2C(C)C)ccn1. The molecule has 0 saturated carbocycles. The number of rotatable bonds is 6. The van der Waals surface area contributed by atoms with Gasteiger partial charge in [-0.15, -0.1) is 0 Å². The number of aryl methyl sites for hydroxylation is 1. The van der Waals surface area contributed by atoms with Crippen molar-refractivity contribution in [3.05, 3.63) is 69.9 Å². The summed E-state index contributed by atoms with van der Waals surface area (Å²) in [4.78, 5) is 26.9. The van der Waals surface area contributed by atoms with Crippen molar-refractivity contribution < 1.29 is 0 Å². The molecule has 0 amide bonds. The number of hydrogen-bond donors (Lipinski definition) is 2. The first kappa shape index (κ1) is 21.3. The minimum Gasteiger partial charge on any atom is -0.324 e. The number of benzene rings is 1. The summed E-state index contributed by atoms with van der Waals surface area (Å²) in [5, 5.41) is 7.24. The summed E-state index contributed by atoms with van der Waals surface area (Å²) in [5.74, 6) is 0.462. The van der Waals surface area contributed by atoms with Crippen LogP contribution in [0, 0.1) is 0 Å². The van der Waals surface area contributed by atoms with Gasteiger partial charge in [-0.05, 0) is 68.6 Å². The van der Waals surface area contributed by atoms with E-state index in [1.807, 2.05) is 30.7 Å². The highest BCUT2D eigenvalue weighted by atomic mass is 16.1. The molecule has 1 aromatic carbocycles. The molecule has 1 aliphatic rings. The van der Waals surface area contributed by atoms with Crippen LogP contribution in [0.4, 0.5) is 11.6 Å². The summed E-state index contributed by atoms with van der Waals surface area (Å²) in [6.45, 7) is 8.01. The van der Waals surface area contributed by atoms with E-state index in [2.05, 4.69) is 45.7 Å². The summed E-state index contributed by atoms with van der Waals surface area (Å²) in [6, 6.07) is 10.3. The van der Waals surface area contributed by atoms with Crippen LogP contribution in [0.5, 0.6) is 0 Å². The number of hydrogen-bond acceptors (Lipinski definition) is 6. The lowest BCUT2D eigenvalue weighted by molar-refractivity contribution is 0.475. The van der Waals surface area contributed by atoms with E-state index in [4.69, 9.17) is 4.98 Å². The summed E-state index contributed by atoms with van der Waals surface area (Å²) in [7, 11) is 0. The van der Waals surface area contributed by atoms with Crippen LogP contribution in [0.15, 0.2) is 47.5 Å². The third kappa shape index (κ3) is 4.02. The highest BCUT2D eigenvalue weighted by Gasteiger charge is 2.20. The van der Waals surface area contributed by atoms with Crippen molar-refractivity contribution in [2.75, 3.05) is 11.9 Å². The van der Waals surface area contributed by atoms with Gasteiger partial charge in [0, 0.05) is 36.4 Å². The van der Waals surface area contributed by atoms with E-state index in [0.717, 1.165) is 49.4 Å². The minimum absolute atomic E-state index is 0.0426. The molecule has 0 bridgehead atoms. The van der Waals surface area contributed by atoms with E-state index in [1.165, 1.54) is 11.1 Å². The summed E-state index contributed by atoms with van der Waals surface area (Å²) < 4.78 is 3.63. The topological polar surface area (TPSA) is 89.7 Å². The lowest BCUT2D eigenvalue weighted by Gasteiger charge is -2.18. The van der Waals surface area contributed by atoms with E-state index < -0.39 is 0 Å². The van der Waals surface area contributed by atoms with E-state index in [1.54, 1.807) is 17.1 Å². The Bertz CT molecular complexity index is 1370. The average molecular weight is 444 g/mol. The quantitative estimate of drug-likeness (QED) is 0.470. The van der Waals surface area contributed by atoms with Gasteiger partial charge in [0.25, 0.3) is 5.56 Å². The van der Waals surface area contributed by atoms with E-state index in [-0.39, 0.29) is 11.6 Å². The molecule has 0 fully saturated rings. The number of nitrogens with zero attached hydrogens (tertiary/aromatic N) is 5. The fourth-order valence-electron chi connectivity index (χ4n) is 4.45. The molecular weight excluding hydrogens is 414 g/mol. The first-order valence-corrected chi connectivity index (χ1v) is 11.6. The van der Waals surface area contributed by atoms with Crippen LogP contribution in [0.25, 0.3) is 16.7 Å². The molecule has 0 saturated heterocycles. The first-order chi connectivity index (χ1) is 16.0. The maximum absolute atomic E-state index is 13.2. The molecule has 3 aromatic heterocycles. The second-order valence-electron chi connectivity index (χ2n) is 8.78. The largest absolute Gasteiger partial charge is 0.324 e. The van der Waals surface area contributed by atoms with Gasteiger partial charge in [0.05, 0.1) is 5.69 Å². The summed E-state index contributed by atoms with van der Waals surface area (Å²) >= 11 is 0. The minimum atomic E-state index is -0.0970. The van der Waals surface area contributed by atoms with Crippen molar-refractivity contribution in [3.63, 3.8) is 0 Å². The third-order valence-electron chi connectivity index (χ3n) is 6.01. The Morgan fingerprint density at radius 1 is 1.15 bits per heavy atom. The van der Waals surface area contributed by atoms with E-state index in [9.17, 15) is 4.79 Å². The molecule has 4 aromatic rings. The zero-order chi connectivity index (χ0) is 22.9. The lowest BCUT2D eigenvalue weighted by atomic mass is 10.0. The predicted octanol–water partition coefficient (Wildman–Crippen LogP) is 3.90. The average Bonchev–Trinajstić information content (AvgIpc) is 3.11. The number of aromatic nitrogens is 5. The highest BCUT2D eigenvalue weighted by molar-refractivity contribution is 5.77.